The number of aliphatic carboxylic acids is 1. The molecule has 2 aromatic carbocycles. The van der Waals surface area contributed by atoms with Gasteiger partial charge in [-0.1, -0.05) is 48.5 Å². The van der Waals surface area contributed by atoms with Crippen LogP contribution in [0.3, 0.4) is 0 Å². The molecule has 2 aromatic rings. The Balaban J connectivity index is 1.69. The van der Waals surface area contributed by atoms with E-state index >= 15 is 0 Å². The summed E-state index contributed by atoms with van der Waals surface area (Å²) in [7, 11) is 0. The first-order valence-electron chi connectivity index (χ1n) is 9.40. The third-order valence-electron chi connectivity index (χ3n) is 4.73. The number of rotatable bonds is 8. The van der Waals surface area contributed by atoms with Crippen LogP contribution in [0.4, 0.5) is 4.79 Å². The first kappa shape index (κ1) is 19.9. The summed E-state index contributed by atoms with van der Waals surface area (Å²) in [4.78, 5) is 24.8. The Bertz CT molecular complexity index is 803. The van der Waals surface area contributed by atoms with E-state index in [-0.39, 0.29) is 31.8 Å². The maximum atomic E-state index is 12.5. The zero-order chi connectivity index (χ0) is 20.1. The molecule has 1 aliphatic rings. The van der Waals surface area contributed by atoms with Gasteiger partial charge in [-0.05, 0) is 36.1 Å². The fourth-order valence-corrected chi connectivity index (χ4v) is 3.48. The number of amides is 1. The lowest BCUT2D eigenvalue weighted by Crippen LogP contribution is -2.39. The Labute approximate surface area is 164 Å². The molecule has 0 spiro atoms. The minimum absolute atomic E-state index is 0.00851. The van der Waals surface area contributed by atoms with E-state index in [1.54, 1.807) is 0 Å². The molecule has 6 nitrogen and oxygen atoms in total. The van der Waals surface area contributed by atoms with Crippen molar-refractivity contribution in [1.29, 1.82) is 0 Å². The van der Waals surface area contributed by atoms with Gasteiger partial charge in [-0.25, -0.2) is 4.79 Å². The van der Waals surface area contributed by atoms with Crippen molar-refractivity contribution >= 4 is 12.1 Å². The van der Waals surface area contributed by atoms with E-state index in [0.717, 1.165) is 27.2 Å². The summed E-state index contributed by atoms with van der Waals surface area (Å²) < 4.78 is 11.0. The number of hydrogen-bond donors (Lipinski definition) is 1. The molecule has 6 heteroatoms. The number of nitrogens with zero attached hydrogens (tertiary/aromatic N) is 1. The lowest BCUT2D eigenvalue weighted by Gasteiger charge is -2.22. The van der Waals surface area contributed by atoms with Crippen molar-refractivity contribution < 1.29 is 24.2 Å². The third kappa shape index (κ3) is 4.51. The molecule has 1 aliphatic carbocycles. The van der Waals surface area contributed by atoms with Gasteiger partial charge in [0, 0.05) is 12.5 Å². The predicted molar refractivity (Wildman–Crippen MR) is 105 cm³/mol. The van der Waals surface area contributed by atoms with E-state index in [2.05, 4.69) is 12.1 Å². The highest BCUT2D eigenvalue weighted by atomic mass is 16.6. The largest absolute Gasteiger partial charge is 0.480 e. The highest BCUT2D eigenvalue weighted by molar-refractivity contribution is 5.79. The highest BCUT2D eigenvalue weighted by Gasteiger charge is 2.30. The average molecular weight is 383 g/mol. The van der Waals surface area contributed by atoms with Crippen LogP contribution in [0.1, 0.15) is 30.9 Å². The van der Waals surface area contributed by atoms with E-state index < -0.39 is 18.6 Å². The number of carbonyl (C=O) groups is 2. The molecule has 0 unspecified atom stereocenters. The van der Waals surface area contributed by atoms with Crippen molar-refractivity contribution in [1.82, 2.24) is 4.90 Å². The van der Waals surface area contributed by atoms with Gasteiger partial charge in [0.05, 0.1) is 12.7 Å². The Morgan fingerprint density at radius 1 is 1.04 bits per heavy atom. The maximum absolute atomic E-state index is 12.5. The van der Waals surface area contributed by atoms with Crippen molar-refractivity contribution in [2.45, 2.75) is 25.9 Å². The van der Waals surface area contributed by atoms with Crippen LogP contribution in [-0.2, 0) is 14.3 Å². The first-order valence-corrected chi connectivity index (χ1v) is 9.40. The quantitative estimate of drug-likeness (QED) is 0.751. The summed E-state index contributed by atoms with van der Waals surface area (Å²) in [5, 5.41) is 9.09. The molecular weight excluding hydrogens is 358 g/mol. The van der Waals surface area contributed by atoms with Gasteiger partial charge in [0.25, 0.3) is 0 Å². The summed E-state index contributed by atoms with van der Waals surface area (Å²) in [5.41, 5.74) is 4.52. The van der Waals surface area contributed by atoms with Crippen LogP contribution in [0.25, 0.3) is 11.1 Å². The molecule has 148 valence electrons. The van der Waals surface area contributed by atoms with Gasteiger partial charge < -0.3 is 14.6 Å². The van der Waals surface area contributed by atoms with Gasteiger partial charge in [-0.3, -0.25) is 9.69 Å². The summed E-state index contributed by atoms with van der Waals surface area (Å²) >= 11 is 0. The minimum Gasteiger partial charge on any atom is -0.480 e. The van der Waals surface area contributed by atoms with Gasteiger partial charge in [0.2, 0.25) is 0 Å². The molecule has 1 N–H and O–H groups in total. The molecule has 0 saturated carbocycles. The molecule has 0 atom stereocenters. The van der Waals surface area contributed by atoms with Crippen LogP contribution in [-0.4, -0.2) is 54.5 Å². The fraction of sp³-hybridized carbons (Fsp3) is 0.364. The van der Waals surface area contributed by atoms with Crippen molar-refractivity contribution in [2.75, 3.05) is 26.3 Å². The Morgan fingerprint density at radius 2 is 1.61 bits per heavy atom. The van der Waals surface area contributed by atoms with Crippen molar-refractivity contribution in [3.63, 3.8) is 0 Å². The normalized spacial score (nSPS) is 12.5. The molecular formula is C22H25NO5. The second-order valence-electron chi connectivity index (χ2n) is 7.04. The zero-order valence-electron chi connectivity index (χ0n) is 16.1. The van der Waals surface area contributed by atoms with Gasteiger partial charge >= 0.3 is 12.1 Å². The smallest absolute Gasteiger partial charge is 0.410 e. The summed E-state index contributed by atoms with van der Waals surface area (Å²) in [6.07, 6.45) is -0.634. The number of carboxylic acid groups (broad SMARTS) is 1. The fourth-order valence-electron chi connectivity index (χ4n) is 3.48. The zero-order valence-corrected chi connectivity index (χ0v) is 16.1. The summed E-state index contributed by atoms with van der Waals surface area (Å²) in [5.74, 6) is -1.15. The molecule has 0 bridgehead atoms. The number of hydrogen-bond acceptors (Lipinski definition) is 4. The van der Waals surface area contributed by atoms with E-state index in [1.807, 2.05) is 50.2 Å². The Kier molecular flexibility index (Phi) is 6.31. The molecule has 0 aliphatic heterocycles. The first-order chi connectivity index (χ1) is 13.5. The van der Waals surface area contributed by atoms with Gasteiger partial charge in [-0.2, -0.15) is 0 Å². The standard InChI is InChI=1S/C22H25NO5/c1-15(2)27-12-11-23(13-21(24)25)22(26)28-14-20-18-9-5-3-7-16(18)17-8-4-6-10-19(17)20/h3-10,15,20H,11-14H2,1-2H3,(H,24,25). The van der Waals surface area contributed by atoms with Crippen molar-refractivity contribution in [2.24, 2.45) is 0 Å². The number of carbonyl (C=O) groups excluding carboxylic acids is 1. The second kappa shape index (κ2) is 8.89. The molecule has 1 amide bonds. The Morgan fingerprint density at radius 3 is 2.14 bits per heavy atom. The second-order valence-corrected chi connectivity index (χ2v) is 7.04. The van der Waals surface area contributed by atoms with Crippen LogP contribution in [0.2, 0.25) is 0 Å². The number of benzene rings is 2. The Hall–Kier alpha value is -2.86. The number of ether oxygens (including phenoxy) is 2. The van der Waals surface area contributed by atoms with E-state index in [4.69, 9.17) is 14.6 Å². The summed E-state index contributed by atoms with van der Waals surface area (Å²) in [6, 6.07) is 16.1. The monoisotopic (exact) mass is 383 g/mol. The van der Waals surface area contributed by atoms with Crippen LogP contribution < -0.4 is 0 Å². The number of carboxylic acids is 1. The number of fused-ring (bicyclic) bond motifs is 3. The maximum Gasteiger partial charge on any atom is 0.410 e. The van der Waals surface area contributed by atoms with Crippen LogP contribution >= 0.6 is 0 Å². The van der Waals surface area contributed by atoms with E-state index in [1.165, 1.54) is 0 Å². The molecule has 0 heterocycles. The topological polar surface area (TPSA) is 76.1 Å². The van der Waals surface area contributed by atoms with Crippen molar-refractivity contribution in [3.8, 4) is 11.1 Å². The van der Waals surface area contributed by atoms with Crippen LogP contribution in [0.15, 0.2) is 48.5 Å². The average Bonchev–Trinajstić information content (AvgIpc) is 2.99. The summed E-state index contributed by atoms with van der Waals surface area (Å²) in [6.45, 7) is 3.94. The van der Waals surface area contributed by atoms with E-state index in [9.17, 15) is 9.59 Å². The van der Waals surface area contributed by atoms with Crippen LogP contribution in [0, 0.1) is 0 Å². The lowest BCUT2D eigenvalue weighted by atomic mass is 9.98. The predicted octanol–water partition coefficient (Wildman–Crippen LogP) is 3.75. The molecule has 0 radical (unpaired) electrons. The lowest BCUT2D eigenvalue weighted by molar-refractivity contribution is -0.138. The molecule has 3 rings (SSSR count). The van der Waals surface area contributed by atoms with Gasteiger partial charge in [0.1, 0.15) is 13.2 Å². The van der Waals surface area contributed by atoms with Crippen molar-refractivity contribution in [3.05, 3.63) is 59.7 Å². The highest BCUT2D eigenvalue weighted by Crippen LogP contribution is 2.44. The molecule has 28 heavy (non-hydrogen) atoms. The molecule has 0 aromatic heterocycles. The molecule has 0 saturated heterocycles. The van der Waals surface area contributed by atoms with Crippen LogP contribution in [0.5, 0.6) is 0 Å². The van der Waals surface area contributed by atoms with Gasteiger partial charge in [-0.15, -0.1) is 0 Å². The SMILES string of the molecule is CC(C)OCCN(CC(=O)O)C(=O)OCC1c2ccccc2-c2ccccc21. The van der Waals surface area contributed by atoms with Gasteiger partial charge in [0.15, 0.2) is 0 Å². The molecule has 0 fully saturated rings. The minimum atomic E-state index is -1.09. The van der Waals surface area contributed by atoms with E-state index in [0.29, 0.717) is 0 Å². The third-order valence-corrected chi connectivity index (χ3v) is 4.73.